The van der Waals surface area contributed by atoms with Crippen LogP contribution in [-0.4, -0.2) is 13.0 Å². The predicted molar refractivity (Wildman–Crippen MR) is 100 cm³/mol. The van der Waals surface area contributed by atoms with Crippen molar-refractivity contribution in [2.45, 2.75) is 6.61 Å². The van der Waals surface area contributed by atoms with Gasteiger partial charge in [-0.05, 0) is 35.9 Å². The second kappa shape index (κ2) is 8.97. The number of carbonyl (C=O) groups is 1. The SMILES string of the molecule is COc1cc(/C=C/C(=O)NN)cc(Cl)c1OCc1ccc(Cl)cc1Cl. The van der Waals surface area contributed by atoms with Crippen LogP contribution in [-0.2, 0) is 11.4 Å². The summed E-state index contributed by atoms with van der Waals surface area (Å²) in [5, 5.41) is 1.37. The molecule has 0 spiro atoms. The Balaban J connectivity index is 2.22. The molecule has 0 aromatic heterocycles. The molecule has 3 N–H and O–H groups in total. The third kappa shape index (κ3) is 5.28. The van der Waals surface area contributed by atoms with Gasteiger partial charge in [0.15, 0.2) is 11.5 Å². The Morgan fingerprint density at radius 1 is 1.20 bits per heavy atom. The first-order valence-corrected chi connectivity index (χ1v) is 8.21. The van der Waals surface area contributed by atoms with E-state index in [0.29, 0.717) is 32.1 Å². The average Bonchev–Trinajstić information content (AvgIpc) is 2.59. The molecule has 0 atom stereocenters. The number of nitrogens with two attached hydrogens (primary N) is 1. The molecule has 0 radical (unpaired) electrons. The molecule has 0 saturated carbocycles. The van der Waals surface area contributed by atoms with Gasteiger partial charge in [-0.3, -0.25) is 10.2 Å². The first-order valence-electron chi connectivity index (χ1n) is 7.07. The summed E-state index contributed by atoms with van der Waals surface area (Å²) in [6, 6.07) is 8.46. The van der Waals surface area contributed by atoms with Gasteiger partial charge < -0.3 is 9.47 Å². The number of hydrogen-bond acceptors (Lipinski definition) is 4. The summed E-state index contributed by atoms with van der Waals surface area (Å²) < 4.78 is 11.1. The second-order valence-corrected chi connectivity index (χ2v) is 6.15. The zero-order chi connectivity index (χ0) is 18.4. The molecule has 5 nitrogen and oxygen atoms in total. The highest BCUT2D eigenvalue weighted by molar-refractivity contribution is 6.35. The van der Waals surface area contributed by atoms with E-state index in [-0.39, 0.29) is 6.61 Å². The maximum absolute atomic E-state index is 11.2. The monoisotopic (exact) mass is 400 g/mol. The number of hydrogen-bond donors (Lipinski definition) is 2. The van der Waals surface area contributed by atoms with Crippen molar-refractivity contribution < 1.29 is 14.3 Å². The van der Waals surface area contributed by atoms with Crippen molar-refractivity contribution in [2.75, 3.05) is 7.11 Å². The van der Waals surface area contributed by atoms with Crippen molar-refractivity contribution in [3.63, 3.8) is 0 Å². The van der Waals surface area contributed by atoms with E-state index in [2.05, 4.69) is 0 Å². The summed E-state index contributed by atoms with van der Waals surface area (Å²) >= 11 is 18.3. The molecule has 2 rings (SSSR count). The van der Waals surface area contributed by atoms with Crippen molar-refractivity contribution >= 4 is 46.8 Å². The first kappa shape index (κ1) is 19.4. The number of amides is 1. The number of halogens is 3. The molecule has 0 aliphatic heterocycles. The maximum Gasteiger partial charge on any atom is 0.257 e. The summed E-state index contributed by atoms with van der Waals surface area (Å²) in [5.41, 5.74) is 3.41. The third-order valence-corrected chi connectivity index (χ3v) is 4.08. The molecule has 25 heavy (non-hydrogen) atoms. The lowest BCUT2D eigenvalue weighted by molar-refractivity contribution is -0.116. The van der Waals surface area contributed by atoms with Crippen LogP contribution in [0, 0.1) is 0 Å². The maximum atomic E-state index is 11.2. The molecule has 8 heteroatoms. The summed E-state index contributed by atoms with van der Waals surface area (Å²) in [6.07, 6.45) is 2.83. The average molecular weight is 402 g/mol. The van der Waals surface area contributed by atoms with Crippen molar-refractivity contribution in [3.05, 3.63) is 62.6 Å². The van der Waals surface area contributed by atoms with Crippen LogP contribution in [0.3, 0.4) is 0 Å². The number of ether oxygens (including phenoxy) is 2. The molecule has 2 aromatic carbocycles. The zero-order valence-electron chi connectivity index (χ0n) is 13.2. The van der Waals surface area contributed by atoms with Gasteiger partial charge in [-0.15, -0.1) is 0 Å². The van der Waals surface area contributed by atoms with Crippen molar-refractivity contribution in [3.8, 4) is 11.5 Å². The Kier molecular flexibility index (Phi) is 6.96. The van der Waals surface area contributed by atoms with Crippen molar-refractivity contribution in [1.29, 1.82) is 0 Å². The van der Waals surface area contributed by atoms with E-state index >= 15 is 0 Å². The minimum absolute atomic E-state index is 0.191. The normalized spacial score (nSPS) is 10.8. The molecule has 1 amide bonds. The molecule has 0 fully saturated rings. The third-order valence-electron chi connectivity index (χ3n) is 3.21. The summed E-state index contributed by atoms with van der Waals surface area (Å²) in [5.74, 6) is 5.38. The lowest BCUT2D eigenvalue weighted by Crippen LogP contribution is -2.27. The molecular formula is C17H15Cl3N2O3. The molecule has 0 bridgehead atoms. The number of carbonyl (C=O) groups excluding carboxylic acids is 1. The van der Waals surface area contributed by atoms with Gasteiger partial charge in [0.25, 0.3) is 5.91 Å². The fourth-order valence-electron chi connectivity index (χ4n) is 1.98. The van der Waals surface area contributed by atoms with Gasteiger partial charge >= 0.3 is 0 Å². The zero-order valence-corrected chi connectivity index (χ0v) is 15.5. The Labute approximate surface area is 160 Å². The topological polar surface area (TPSA) is 73.6 Å². The number of nitrogens with one attached hydrogen (secondary N) is 1. The molecule has 0 aliphatic carbocycles. The van der Waals surface area contributed by atoms with Gasteiger partial charge in [0.1, 0.15) is 6.61 Å². The molecule has 132 valence electrons. The lowest BCUT2D eigenvalue weighted by Gasteiger charge is -2.14. The fraction of sp³-hybridized carbons (Fsp3) is 0.118. The van der Waals surface area contributed by atoms with Gasteiger partial charge in [-0.2, -0.15) is 0 Å². The van der Waals surface area contributed by atoms with Crippen LogP contribution in [0.25, 0.3) is 6.08 Å². The van der Waals surface area contributed by atoms with Gasteiger partial charge in [-0.25, -0.2) is 5.84 Å². The summed E-state index contributed by atoms with van der Waals surface area (Å²) in [7, 11) is 1.49. The number of rotatable bonds is 6. The van der Waals surface area contributed by atoms with E-state index in [9.17, 15) is 4.79 Å². The van der Waals surface area contributed by atoms with Crippen LogP contribution in [0.15, 0.2) is 36.4 Å². The van der Waals surface area contributed by atoms with E-state index < -0.39 is 5.91 Å². The highest BCUT2D eigenvalue weighted by atomic mass is 35.5. The Morgan fingerprint density at radius 3 is 2.60 bits per heavy atom. The van der Waals surface area contributed by atoms with E-state index in [1.54, 1.807) is 36.4 Å². The van der Waals surface area contributed by atoms with Crippen LogP contribution in [0.2, 0.25) is 15.1 Å². The number of methoxy groups -OCH3 is 1. The van der Waals surface area contributed by atoms with Gasteiger partial charge in [0.2, 0.25) is 0 Å². The first-order chi connectivity index (χ1) is 11.9. The molecule has 0 heterocycles. The number of hydrazine groups is 1. The largest absolute Gasteiger partial charge is 0.493 e. The van der Waals surface area contributed by atoms with Crippen molar-refractivity contribution in [1.82, 2.24) is 5.43 Å². The standard InChI is InChI=1S/C17H15Cl3N2O3/c1-24-15-7-10(2-5-16(23)22-21)6-14(20)17(15)25-9-11-3-4-12(18)8-13(11)19/h2-8H,9,21H2,1H3,(H,22,23)/b5-2+. The fourth-order valence-corrected chi connectivity index (χ4v) is 2.72. The second-order valence-electron chi connectivity index (χ2n) is 4.90. The molecule has 0 saturated heterocycles. The van der Waals surface area contributed by atoms with Crippen LogP contribution >= 0.6 is 34.8 Å². The molecular weight excluding hydrogens is 387 g/mol. The van der Waals surface area contributed by atoms with Gasteiger partial charge in [-0.1, -0.05) is 40.9 Å². The molecule has 2 aromatic rings. The molecule has 0 aliphatic rings. The van der Waals surface area contributed by atoms with Gasteiger partial charge in [0.05, 0.1) is 12.1 Å². The van der Waals surface area contributed by atoms with Crippen LogP contribution < -0.4 is 20.7 Å². The highest BCUT2D eigenvalue weighted by Gasteiger charge is 2.13. The Hall–Kier alpha value is -1.92. The van der Waals surface area contributed by atoms with Gasteiger partial charge in [0, 0.05) is 21.7 Å². The summed E-state index contributed by atoms with van der Waals surface area (Å²) in [6.45, 7) is 0.191. The van der Waals surface area contributed by atoms with Crippen LogP contribution in [0.1, 0.15) is 11.1 Å². The van der Waals surface area contributed by atoms with Crippen molar-refractivity contribution in [2.24, 2.45) is 5.84 Å². The highest BCUT2D eigenvalue weighted by Crippen LogP contribution is 2.37. The van der Waals surface area contributed by atoms with E-state index in [4.69, 9.17) is 50.1 Å². The van der Waals surface area contributed by atoms with Crippen LogP contribution in [0.5, 0.6) is 11.5 Å². The Morgan fingerprint density at radius 2 is 1.96 bits per heavy atom. The smallest absolute Gasteiger partial charge is 0.257 e. The summed E-state index contributed by atoms with van der Waals surface area (Å²) in [4.78, 5) is 11.2. The quantitative estimate of drug-likeness (QED) is 0.329. The van der Waals surface area contributed by atoms with E-state index in [1.165, 1.54) is 13.2 Å². The minimum Gasteiger partial charge on any atom is -0.493 e. The van der Waals surface area contributed by atoms with Crippen LogP contribution in [0.4, 0.5) is 0 Å². The number of benzene rings is 2. The van der Waals surface area contributed by atoms with E-state index in [1.807, 2.05) is 5.43 Å². The Bertz CT molecular complexity index is 810. The lowest BCUT2D eigenvalue weighted by atomic mass is 10.2. The minimum atomic E-state index is -0.437. The molecule has 0 unspecified atom stereocenters. The predicted octanol–water partition coefficient (Wildman–Crippen LogP) is 4.24. The van der Waals surface area contributed by atoms with E-state index in [0.717, 1.165) is 5.56 Å².